The molecule has 0 radical (unpaired) electrons. The predicted octanol–water partition coefficient (Wildman–Crippen LogP) is 1.39. The van der Waals surface area contributed by atoms with Gasteiger partial charge < -0.3 is 20.4 Å². The molecule has 1 aromatic heterocycles. The van der Waals surface area contributed by atoms with Gasteiger partial charge in [0.15, 0.2) is 0 Å². The van der Waals surface area contributed by atoms with E-state index in [2.05, 4.69) is 5.32 Å². The first-order valence-corrected chi connectivity index (χ1v) is 9.12. The van der Waals surface area contributed by atoms with Crippen molar-refractivity contribution in [1.29, 1.82) is 0 Å². The van der Waals surface area contributed by atoms with Gasteiger partial charge in [-0.2, -0.15) is 0 Å². The highest BCUT2D eigenvalue weighted by Gasteiger charge is 2.25. The number of nitrogens with zero attached hydrogens (tertiary/aromatic N) is 2. The highest BCUT2D eigenvalue weighted by molar-refractivity contribution is 6.03. The first-order chi connectivity index (χ1) is 13.3. The molecule has 28 heavy (non-hydrogen) atoms. The van der Waals surface area contributed by atoms with Gasteiger partial charge in [0.2, 0.25) is 5.91 Å². The van der Waals surface area contributed by atoms with Crippen molar-refractivity contribution >= 4 is 23.4 Å². The van der Waals surface area contributed by atoms with E-state index in [-0.39, 0.29) is 23.9 Å². The van der Waals surface area contributed by atoms with Gasteiger partial charge in [0.05, 0.1) is 23.4 Å². The summed E-state index contributed by atoms with van der Waals surface area (Å²) in [5.41, 5.74) is 6.60. The number of aryl methyl sites for hydroxylation is 2. The fourth-order valence-electron chi connectivity index (χ4n) is 3.32. The third kappa shape index (κ3) is 4.40. The molecule has 8 heteroatoms. The monoisotopic (exact) mass is 384 g/mol. The number of amides is 3. The summed E-state index contributed by atoms with van der Waals surface area (Å²) in [6.45, 7) is 6.03. The Balaban J connectivity index is 1.53. The van der Waals surface area contributed by atoms with Gasteiger partial charge in [-0.05, 0) is 32.0 Å². The Morgan fingerprint density at radius 3 is 2.36 bits per heavy atom. The summed E-state index contributed by atoms with van der Waals surface area (Å²) in [6, 6.07) is 8.39. The van der Waals surface area contributed by atoms with Crippen LogP contribution in [0.4, 0.5) is 5.69 Å². The molecule has 0 aliphatic carbocycles. The first-order valence-electron chi connectivity index (χ1n) is 9.12. The second kappa shape index (κ2) is 8.26. The normalized spacial score (nSPS) is 14.7. The van der Waals surface area contributed by atoms with Gasteiger partial charge in [-0.25, -0.2) is 0 Å². The van der Waals surface area contributed by atoms with Gasteiger partial charge in [0.1, 0.15) is 11.5 Å². The molecule has 3 amide bonds. The van der Waals surface area contributed by atoms with E-state index >= 15 is 0 Å². The van der Waals surface area contributed by atoms with Crippen molar-refractivity contribution in [3.63, 3.8) is 0 Å². The number of rotatable bonds is 5. The van der Waals surface area contributed by atoms with Gasteiger partial charge in [-0.3, -0.25) is 19.3 Å². The van der Waals surface area contributed by atoms with Crippen LogP contribution in [-0.4, -0.2) is 60.2 Å². The van der Waals surface area contributed by atoms with Crippen LogP contribution in [0.25, 0.3) is 0 Å². The maximum absolute atomic E-state index is 12.6. The molecule has 0 atom stereocenters. The van der Waals surface area contributed by atoms with E-state index in [4.69, 9.17) is 10.2 Å². The maximum atomic E-state index is 12.6. The van der Waals surface area contributed by atoms with Crippen molar-refractivity contribution in [3.8, 4) is 0 Å². The zero-order valence-electron chi connectivity index (χ0n) is 16.0. The molecule has 3 N–H and O–H groups in total. The van der Waals surface area contributed by atoms with Crippen molar-refractivity contribution in [2.45, 2.75) is 13.8 Å². The molecule has 3 rings (SSSR count). The number of para-hydroxylation sites is 1. The molecule has 1 fully saturated rings. The molecule has 0 unspecified atom stereocenters. The number of benzene rings is 1. The van der Waals surface area contributed by atoms with Crippen molar-refractivity contribution in [3.05, 3.63) is 53.0 Å². The van der Waals surface area contributed by atoms with Gasteiger partial charge in [0.25, 0.3) is 11.8 Å². The fourth-order valence-corrected chi connectivity index (χ4v) is 3.32. The number of carbonyl (C=O) groups excluding carboxylic acids is 3. The van der Waals surface area contributed by atoms with Crippen molar-refractivity contribution < 1.29 is 18.8 Å². The van der Waals surface area contributed by atoms with E-state index < -0.39 is 5.91 Å². The lowest BCUT2D eigenvalue weighted by Crippen LogP contribution is -2.50. The number of furan rings is 1. The molecule has 8 nitrogen and oxygen atoms in total. The van der Waals surface area contributed by atoms with Gasteiger partial charge in [-0.1, -0.05) is 12.1 Å². The lowest BCUT2D eigenvalue weighted by molar-refractivity contribution is -0.117. The summed E-state index contributed by atoms with van der Waals surface area (Å²) in [5.74, 6) is 0.473. The van der Waals surface area contributed by atoms with Crippen LogP contribution in [-0.2, 0) is 4.79 Å². The third-order valence-corrected chi connectivity index (χ3v) is 4.76. The first kappa shape index (κ1) is 19.6. The van der Waals surface area contributed by atoms with E-state index in [9.17, 15) is 14.4 Å². The minimum absolute atomic E-state index is 0.0474. The van der Waals surface area contributed by atoms with E-state index in [0.29, 0.717) is 49.0 Å². The van der Waals surface area contributed by atoms with Crippen molar-refractivity contribution in [1.82, 2.24) is 9.80 Å². The zero-order chi connectivity index (χ0) is 20.3. The number of anilines is 1. The molecule has 1 aliphatic heterocycles. The number of carbonyl (C=O) groups is 3. The number of hydrogen-bond donors (Lipinski definition) is 2. The Kier molecular flexibility index (Phi) is 5.79. The highest BCUT2D eigenvalue weighted by Crippen LogP contribution is 2.17. The summed E-state index contributed by atoms with van der Waals surface area (Å²) < 4.78 is 5.44. The molecule has 0 spiro atoms. The summed E-state index contributed by atoms with van der Waals surface area (Å²) >= 11 is 0. The van der Waals surface area contributed by atoms with E-state index in [0.717, 1.165) is 0 Å². The predicted molar refractivity (Wildman–Crippen MR) is 104 cm³/mol. The minimum atomic E-state index is -0.590. The second-order valence-corrected chi connectivity index (χ2v) is 6.85. The van der Waals surface area contributed by atoms with Gasteiger partial charge >= 0.3 is 0 Å². The van der Waals surface area contributed by atoms with Crippen LogP contribution >= 0.6 is 0 Å². The molecule has 1 saturated heterocycles. The smallest absolute Gasteiger partial charge is 0.257 e. The van der Waals surface area contributed by atoms with Crippen LogP contribution in [0.3, 0.4) is 0 Å². The topological polar surface area (TPSA) is 109 Å². The number of primary amides is 1. The third-order valence-electron chi connectivity index (χ3n) is 4.76. The van der Waals surface area contributed by atoms with E-state index in [1.54, 1.807) is 42.2 Å². The number of hydrogen-bond acceptors (Lipinski definition) is 5. The Hall–Kier alpha value is -3.13. The molecule has 2 heterocycles. The summed E-state index contributed by atoms with van der Waals surface area (Å²) in [7, 11) is 0. The van der Waals surface area contributed by atoms with E-state index in [1.165, 1.54) is 0 Å². The highest BCUT2D eigenvalue weighted by atomic mass is 16.3. The lowest BCUT2D eigenvalue weighted by atomic mass is 10.1. The van der Waals surface area contributed by atoms with Crippen LogP contribution in [0.1, 0.15) is 32.2 Å². The van der Waals surface area contributed by atoms with Crippen molar-refractivity contribution in [2.75, 3.05) is 38.0 Å². The minimum Gasteiger partial charge on any atom is -0.466 e. The Morgan fingerprint density at radius 2 is 1.75 bits per heavy atom. The average Bonchev–Trinajstić information content (AvgIpc) is 3.00. The van der Waals surface area contributed by atoms with Crippen LogP contribution in [0.2, 0.25) is 0 Å². The average molecular weight is 384 g/mol. The molecule has 1 aromatic carbocycles. The molecule has 1 aliphatic rings. The molecule has 148 valence electrons. The quantitative estimate of drug-likeness (QED) is 0.810. The van der Waals surface area contributed by atoms with Gasteiger partial charge in [0, 0.05) is 26.2 Å². The fraction of sp³-hybridized carbons (Fsp3) is 0.350. The van der Waals surface area contributed by atoms with Crippen LogP contribution in [0.5, 0.6) is 0 Å². The Labute approximate surface area is 163 Å². The Bertz CT molecular complexity index is 897. The summed E-state index contributed by atoms with van der Waals surface area (Å²) in [4.78, 5) is 40.2. The largest absolute Gasteiger partial charge is 0.466 e. The number of nitrogens with two attached hydrogens (primary N) is 1. The standard InChI is InChI=1S/C20H24N4O4/c1-13-11-16(14(2)28-13)20(27)24-9-7-23(8-10-24)12-18(25)22-17-6-4-3-5-15(17)19(21)26/h3-6,11H,7-10,12H2,1-2H3,(H2,21,26)(H,22,25). The molecular weight excluding hydrogens is 360 g/mol. The second-order valence-electron chi connectivity index (χ2n) is 6.85. The van der Waals surface area contributed by atoms with Crippen LogP contribution in [0, 0.1) is 13.8 Å². The summed E-state index contributed by atoms with van der Waals surface area (Å²) in [6.07, 6.45) is 0. The van der Waals surface area contributed by atoms with Crippen molar-refractivity contribution in [2.24, 2.45) is 5.73 Å². The zero-order valence-corrected chi connectivity index (χ0v) is 16.0. The number of nitrogens with one attached hydrogen (secondary N) is 1. The lowest BCUT2D eigenvalue weighted by Gasteiger charge is -2.34. The van der Waals surface area contributed by atoms with E-state index in [1.807, 2.05) is 11.8 Å². The maximum Gasteiger partial charge on any atom is 0.257 e. The summed E-state index contributed by atoms with van der Waals surface area (Å²) in [5, 5.41) is 2.73. The van der Waals surface area contributed by atoms with Gasteiger partial charge in [-0.15, -0.1) is 0 Å². The molecular formula is C20H24N4O4. The van der Waals surface area contributed by atoms with Crippen LogP contribution in [0.15, 0.2) is 34.7 Å². The molecule has 2 aromatic rings. The van der Waals surface area contributed by atoms with Crippen LogP contribution < -0.4 is 11.1 Å². The molecule has 0 bridgehead atoms. The number of piperazine rings is 1. The SMILES string of the molecule is Cc1cc(C(=O)N2CCN(CC(=O)Nc3ccccc3C(N)=O)CC2)c(C)o1. The Morgan fingerprint density at radius 1 is 1.07 bits per heavy atom. The molecule has 0 saturated carbocycles.